The monoisotopic (exact) mass is 563 g/mol. The fourth-order valence-corrected chi connectivity index (χ4v) is 13.2. The van der Waals surface area contributed by atoms with Crippen LogP contribution in [0, 0.1) is 57.2 Å². The van der Waals surface area contributed by atoms with Crippen molar-refractivity contribution >= 4 is 28.5 Å². The van der Waals surface area contributed by atoms with Gasteiger partial charge in [-0.05, 0) is 133 Å². The largest absolute Gasteiger partial charge is 0.481 e. The van der Waals surface area contributed by atoms with Crippen LogP contribution in [0.25, 0.3) is 10.9 Å². The lowest BCUT2D eigenvalue weighted by Gasteiger charge is -2.72. The van der Waals surface area contributed by atoms with Crippen LogP contribution in [-0.2, 0) is 16.6 Å². The van der Waals surface area contributed by atoms with E-state index in [-0.39, 0.29) is 21.7 Å². The van der Waals surface area contributed by atoms with Crippen molar-refractivity contribution in [3.05, 3.63) is 34.5 Å². The van der Waals surface area contributed by atoms with Crippen LogP contribution in [0.15, 0.2) is 18.2 Å². The zero-order valence-electron chi connectivity index (χ0n) is 25.8. The van der Waals surface area contributed by atoms with E-state index in [0.717, 1.165) is 37.1 Å². The Morgan fingerprint density at radius 2 is 1.70 bits per heavy atom. The fraction of sp³-hybridized carbons (Fsp3) is 0.750. The van der Waals surface area contributed by atoms with E-state index in [1.165, 1.54) is 47.8 Å². The molecule has 0 spiro atoms. The Morgan fingerprint density at radius 3 is 2.40 bits per heavy atom. The van der Waals surface area contributed by atoms with E-state index in [1.807, 2.05) is 6.07 Å². The molecule has 2 N–H and O–H groups in total. The Hall–Kier alpha value is -1.48. The van der Waals surface area contributed by atoms with Gasteiger partial charge in [-0.3, -0.25) is 4.79 Å². The first-order chi connectivity index (χ1) is 18.7. The van der Waals surface area contributed by atoms with Crippen LogP contribution in [0.5, 0.6) is 0 Å². The highest BCUT2D eigenvalue weighted by molar-refractivity contribution is 6.31. The minimum atomic E-state index is -0.495. The number of nitrogens with one attached hydrogen (secondary N) is 1. The van der Waals surface area contributed by atoms with Gasteiger partial charge in [-0.1, -0.05) is 60.1 Å². The molecular weight excluding hydrogens is 514 g/mol. The van der Waals surface area contributed by atoms with Crippen LogP contribution in [-0.4, -0.2) is 16.1 Å². The van der Waals surface area contributed by atoms with Gasteiger partial charge in [0, 0.05) is 27.0 Å². The molecule has 2 aromatic rings. The van der Waals surface area contributed by atoms with Gasteiger partial charge in [-0.2, -0.15) is 0 Å². The standard InChI is InChI=1S/C36H50ClNO2/c1-20(2)22-12-15-36(31(39)40)17-16-34(6)25(29(22)36)9-11-28-33(5)19-24-23-18-21(37)8-10-26(23)38-30(24)32(3,4)27(33)13-14-35(28,34)7/h8,10,18,20,22,25,27-29,38H,9,11-17,19H2,1-7H3,(H,39,40)/t22-,25?,27?,28?,29?,33-,34+,35+,36-/m0/s1. The zero-order valence-corrected chi connectivity index (χ0v) is 26.5. The van der Waals surface area contributed by atoms with Gasteiger partial charge >= 0.3 is 5.97 Å². The van der Waals surface area contributed by atoms with Gasteiger partial charge in [0.05, 0.1) is 5.41 Å². The van der Waals surface area contributed by atoms with Crippen LogP contribution in [0.4, 0.5) is 0 Å². The molecular formula is C36H50ClNO2. The Morgan fingerprint density at radius 1 is 0.950 bits per heavy atom. The molecule has 1 aromatic heterocycles. The molecule has 0 bridgehead atoms. The number of carboxylic acid groups (broad SMARTS) is 1. The van der Waals surface area contributed by atoms with E-state index in [2.05, 4.69) is 65.6 Å². The van der Waals surface area contributed by atoms with Crippen molar-refractivity contribution in [1.82, 2.24) is 4.98 Å². The molecule has 4 unspecified atom stereocenters. The predicted octanol–water partition coefficient (Wildman–Crippen LogP) is 9.66. The minimum absolute atomic E-state index is 0.0755. The van der Waals surface area contributed by atoms with Gasteiger partial charge in [-0.15, -0.1) is 0 Å². The van der Waals surface area contributed by atoms with Crippen molar-refractivity contribution in [3.8, 4) is 0 Å². The molecule has 1 heterocycles. The molecule has 4 fully saturated rings. The van der Waals surface area contributed by atoms with E-state index < -0.39 is 11.4 Å². The second-order valence-corrected chi connectivity index (χ2v) is 17.1. The molecule has 0 saturated heterocycles. The number of aromatic amines is 1. The van der Waals surface area contributed by atoms with E-state index in [0.29, 0.717) is 35.5 Å². The Bertz CT molecular complexity index is 1390. The summed E-state index contributed by atoms with van der Waals surface area (Å²) in [5, 5.41) is 12.8. The Kier molecular flexibility index (Phi) is 5.70. The summed E-state index contributed by atoms with van der Waals surface area (Å²) < 4.78 is 0. The molecule has 218 valence electrons. The number of H-pyrrole nitrogens is 1. The maximum absolute atomic E-state index is 13.0. The number of carboxylic acids is 1. The highest BCUT2D eigenvalue weighted by Crippen LogP contribution is 2.77. The van der Waals surface area contributed by atoms with E-state index in [9.17, 15) is 9.90 Å². The normalized spacial score (nSPS) is 45.4. The number of halogens is 1. The maximum Gasteiger partial charge on any atom is 0.309 e. The number of carbonyl (C=O) groups is 1. The molecule has 5 aliphatic rings. The lowest BCUT2D eigenvalue weighted by atomic mass is 9.32. The summed E-state index contributed by atoms with van der Waals surface area (Å²) in [4.78, 5) is 16.8. The van der Waals surface area contributed by atoms with E-state index in [1.54, 1.807) is 0 Å². The van der Waals surface area contributed by atoms with Crippen LogP contribution in [0.1, 0.15) is 111 Å². The number of aliphatic carboxylic acids is 1. The van der Waals surface area contributed by atoms with Crippen molar-refractivity contribution in [2.24, 2.45) is 57.2 Å². The fourth-order valence-electron chi connectivity index (χ4n) is 13.1. The molecule has 40 heavy (non-hydrogen) atoms. The van der Waals surface area contributed by atoms with E-state index in [4.69, 9.17) is 11.6 Å². The number of rotatable bonds is 2. The molecule has 0 amide bonds. The lowest BCUT2D eigenvalue weighted by molar-refractivity contribution is -0.230. The molecule has 3 nitrogen and oxygen atoms in total. The van der Waals surface area contributed by atoms with Crippen LogP contribution < -0.4 is 0 Å². The van der Waals surface area contributed by atoms with Gasteiger partial charge in [0.2, 0.25) is 0 Å². The first-order valence-electron chi connectivity index (χ1n) is 16.2. The van der Waals surface area contributed by atoms with Gasteiger partial charge in [0.15, 0.2) is 0 Å². The van der Waals surface area contributed by atoms with Crippen LogP contribution in [0.3, 0.4) is 0 Å². The average Bonchev–Trinajstić information content (AvgIpc) is 3.44. The number of hydrogen-bond acceptors (Lipinski definition) is 1. The van der Waals surface area contributed by atoms with Gasteiger partial charge in [0.1, 0.15) is 0 Å². The van der Waals surface area contributed by atoms with Gasteiger partial charge < -0.3 is 10.1 Å². The second kappa shape index (κ2) is 8.33. The SMILES string of the molecule is CC(C)[C@@H]1CC[C@]2(C(=O)O)CC[C@]3(C)C(CCC4[C@@]5(C)Cc6c([nH]c7ccc(Cl)cc67)C(C)(C)C5CC[C@]43C)C12. The first kappa shape index (κ1) is 27.4. The summed E-state index contributed by atoms with van der Waals surface area (Å²) in [5.41, 5.74) is 4.38. The zero-order chi connectivity index (χ0) is 28.6. The predicted molar refractivity (Wildman–Crippen MR) is 164 cm³/mol. The summed E-state index contributed by atoms with van der Waals surface area (Å²) in [5.74, 6) is 2.73. The summed E-state index contributed by atoms with van der Waals surface area (Å²) in [7, 11) is 0. The highest BCUT2D eigenvalue weighted by Gasteiger charge is 2.72. The number of hydrogen-bond donors (Lipinski definition) is 2. The van der Waals surface area contributed by atoms with Crippen molar-refractivity contribution in [1.29, 1.82) is 0 Å². The molecule has 7 rings (SSSR count). The number of aromatic nitrogens is 1. The van der Waals surface area contributed by atoms with Crippen molar-refractivity contribution in [3.63, 3.8) is 0 Å². The Labute approximate surface area is 246 Å². The summed E-state index contributed by atoms with van der Waals surface area (Å²) in [6.07, 6.45) is 10.0. The third-order valence-corrected chi connectivity index (χ3v) is 15.2. The summed E-state index contributed by atoms with van der Waals surface area (Å²) in [6, 6.07) is 6.36. The molecule has 1 aromatic carbocycles. The maximum atomic E-state index is 13.0. The van der Waals surface area contributed by atoms with Crippen molar-refractivity contribution in [2.45, 2.75) is 112 Å². The van der Waals surface area contributed by atoms with Crippen LogP contribution >= 0.6 is 11.6 Å². The van der Waals surface area contributed by atoms with Crippen LogP contribution in [0.2, 0.25) is 5.02 Å². The third-order valence-electron chi connectivity index (χ3n) is 15.0. The first-order valence-corrected chi connectivity index (χ1v) is 16.6. The quantitative estimate of drug-likeness (QED) is 0.382. The smallest absolute Gasteiger partial charge is 0.309 e. The second-order valence-electron chi connectivity index (χ2n) is 16.7. The third kappa shape index (κ3) is 3.12. The molecule has 9 atom stereocenters. The minimum Gasteiger partial charge on any atom is -0.481 e. The number of fused-ring (bicyclic) bond motifs is 10. The van der Waals surface area contributed by atoms with Gasteiger partial charge in [0.25, 0.3) is 0 Å². The highest BCUT2D eigenvalue weighted by atomic mass is 35.5. The van der Waals surface area contributed by atoms with Gasteiger partial charge in [-0.25, -0.2) is 0 Å². The summed E-state index contributed by atoms with van der Waals surface area (Å²) in [6.45, 7) is 17.6. The lowest BCUT2D eigenvalue weighted by Crippen LogP contribution is -2.67. The molecule has 4 saturated carbocycles. The summed E-state index contributed by atoms with van der Waals surface area (Å²) >= 11 is 6.54. The topological polar surface area (TPSA) is 53.1 Å². The average molecular weight is 564 g/mol. The van der Waals surface area contributed by atoms with E-state index >= 15 is 0 Å². The molecule has 0 radical (unpaired) electrons. The van der Waals surface area contributed by atoms with Crippen molar-refractivity contribution < 1.29 is 9.90 Å². The Balaban J connectivity index is 1.33. The molecule has 5 aliphatic carbocycles. The molecule has 4 heteroatoms. The van der Waals surface area contributed by atoms with Crippen molar-refractivity contribution in [2.75, 3.05) is 0 Å². The number of benzene rings is 1. The molecule has 0 aliphatic heterocycles.